The number of ether oxygens (including phenoxy) is 1. The lowest BCUT2D eigenvalue weighted by molar-refractivity contribution is 0.0887. The summed E-state index contributed by atoms with van der Waals surface area (Å²) in [6.45, 7) is 6.09. The highest BCUT2D eigenvalue weighted by Gasteiger charge is 1.97. The molecule has 0 rings (SSSR count). The third-order valence-electron chi connectivity index (χ3n) is 1.37. The molecule has 0 aliphatic carbocycles. The number of hydrogen-bond acceptors (Lipinski definition) is 2. The first kappa shape index (κ1) is 11.2. The van der Waals surface area contributed by atoms with Crippen LogP contribution in [-0.2, 0) is 4.74 Å². The molecular formula is C10H17NO. The summed E-state index contributed by atoms with van der Waals surface area (Å²) >= 11 is 0. The topological polar surface area (TPSA) is 21.3 Å². The highest BCUT2D eigenvalue weighted by molar-refractivity contribution is 4.86. The molecule has 0 heterocycles. The molecule has 2 heteroatoms. The van der Waals surface area contributed by atoms with Gasteiger partial charge >= 0.3 is 0 Å². The molecule has 0 aromatic carbocycles. The van der Waals surface area contributed by atoms with E-state index in [1.54, 1.807) is 0 Å². The summed E-state index contributed by atoms with van der Waals surface area (Å²) in [5.74, 6) is 2.51. The third kappa shape index (κ3) is 7.33. The van der Waals surface area contributed by atoms with Gasteiger partial charge in [-0.25, -0.2) is 0 Å². The maximum atomic E-state index is 5.41. The van der Waals surface area contributed by atoms with Crippen molar-refractivity contribution in [3.05, 3.63) is 12.2 Å². The Bertz CT molecular complexity index is 158. The molecule has 0 spiro atoms. The first-order chi connectivity index (χ1) is 5.81. The Hall–Kier alpha value is -0.780. The average Bonchev–Trinajstić information content (AvgIpc) is 2.06. The molecule has 0 aliphatic heterocycles. The molecule has 1 unspecified atom stereocenters. The van der Waals surface area contributed by atoms with Crippen molar-refractivity contribution in [2.45, 2.75) is 20.0 Å². The van der Waals surface area contributed by atoms with Gasteiger partial charge in [-0.3, -0.25) is 0 Å². The predicted molar refractivity (Wildman–Crippen MR) is 51.9 cm³/mol. The van der Waals surface area contributed by atoms with E-state index in [9.17, 15) is 0 Å². The maximum Gasteiger partial charge on any atom is 0.0675 e. The summed E-state index contributed by atoms with van der Waals surface area (Å²) < 4.78 is 5.41. The first-order valence-electron chi connectivity index (χ1n) is 4.18. The molecule has 0 aliphatic rings. The number of hydrogen-bond donors (Lipinski definition) is 1. The highest BCUT2D eigenvalue weighted by Crippen LogP contribution is 1.88. The first-order valence-corrected chi connectivity index (χ1v) is 4.18. The Balaban J connectivity index is 3.22. The van der Waals surface area contributed by atoms with Gasteiger partial charge in [0.1, 0.15) is 0 Å². The summed E-state index contributed by atoms with van der Waals surface area (Å²) in [6.07, 6.45) is 9.25. The van der Waals surface area contributed by atoms with Crippen molar-refractivity contribution in [2.24, 2.45) is 0 Å². The van der Waals surface area contributed by atoms with Gasteiger partial charge in [0.15, 0.2) is 0 Å². The molecule has 12 heavy (non-hydrogen) atoms. The van der Waals surface area contributed by atoms with Gasteiger partial charge in [-0.2, -0.15) is 0 Å². The molecular weight excluding hydrogens is 150 g/mol. The van der Waals surface area contributed by atoms with Crippen molar-refractivity contribution >= 4 is 0 Å². The zero-order valence-corrected chi connectivity index (χ0v) is 7.84. The van der Waals surface area contributed by atoms with Gasteiger partial charge in [0, 0.05) is 6.54 Å². The van der Waals surface area contributed by atoms with E-state index < -0.39 is 0 Å². The van der Waals surface area contributed by atoms with Crippen LogP contribution in [0.25, 0.3) is 0 Å². The van der Waals surface area contributed by atoms with Crippen LogP contribution in [0.4, 0.5) is 0 Å². The van der Waals surface area contributed by atoms with Crippen LogP contribution in [0.5, 0.6) is 0 Å². The van der Waals surface area contributed by atoms with Crippen molar-refractivity contribution in [1.29, 1.82) is 0 Å². The molecule has 1 atom stereocenters. The number of allylic oxidation sites excluding steroid dienone is 1. The van der Waals surface area contributed by atoms with Gasteiger partial charge in [-0.05, 0) is 13.8 Å². The standard InChI is InChI=1S/C10H17NO/c1-4-6-8-12-10(3)9-11-7-5-2/h2,4,6,10-11H,7-9H2,1,3H3. The highest BCUT2D eigenvalue weighted by atomic mass is 16.5. The van der Waals surface area contributed by atoms with E-state index in [1.165, 1.54) is 0 Å². The van der Waals surface area contributed by atoms with Gasteiger partial charge in [-0.15, -0.1) is 6.42 Å². The van der Waals surface area contributed by atoms with Crippen LogP contribution in [-0.4, -0.2) is 25.8 Å². The molecule has 68 valence electrons. The van der Waals surface area contributed by atoms with E-state index in [2.05, 4.69) is 11.2 Å². The molecule has 0 fully saturated rings. The lowest BCUT2D eigenvalue weighted by Crippen LogP contribution is -2.27. The molecule has 2 nitrogen and oxygen atoms in total. The van der Waals surface area contributed by atoms with Crippen LogP contribution in [0, 0.1) is 12.3 Å². The van der Waals surface area contributed by atoms with Gasteiger partial charge in [0.25, 0.3) is 0 Å². The largest absolute Gasteiger partial charge is 0.373 e. The number of terminal acetylenes is 1. The van der Waals surface area contributed by atoms with E-state index in [0.29, 0.717) is 13.2 Å². The van der Waals surface area contributed by atoms with Gasteiger partial charge in [0.05, 0.1) is 19.3 Å². The average molecular weight is 167 g/mol. The summed E-state index contributed by atoms with van der Waals surface area (Å²) in [6, 6.07) is 0. The zero-order chi connectivity index (χ0) is 9.23. The van der Waals surface area contributed by atoms with Crippen molar-refractivity contribution in [2.75, 3.05) is 19.7 Å². The number of rotatable bonds is 6. The molecule has 0 saturated heterocycles. The van der Waals surface area contributed by atoms with E-state index >= 15 is 0 Å². The van der Waals surface area contributed by atoms with Crippen molar-refractivity contribution in [1.82, 2.24) is 5.32 Å². The molecule has 0 amide bonds. The van der Waals surface area contributed by atoms with E-state index in [-0.39, 0.29) is 6.10 Å². The molecule has 0 aromatic heterocycles. The van der Waals surface area contributed by atoms with Crippen LogP contribution in [0.15, 0.2) is 12.2 Å². The smallest absolute Gasteiger partial charge is 0.0675 e. The van der Waals surface area contributed by atoms with Gasteiger partial charge in [-0.1, -0.05) is 18.1 Å². The fourth-order valence-electron chi connectivity index (χ4n) is 0.723. The second kappa shape index (κ2) is 8.32. The van der Waals surface area contributed by atoms with Crippen LogP contribution >= 0.6 is 0 Å². The summed E-state index contributed by atoms with van der Waals surface area (Å²) in [5, 5.41) is 3.08. The van der Waals surface area contributed by atoms with Crippen LogP contribution in [0.1, 0.15) is 13.8 Å². The third-order valence-corrected chi connectivity index (χ3v) is 1.37. The number of nitrogens with one attached hydrogen (secondary N) is 1. The molecule has 0 radical (unpaired) electrons. The van der Waals surface area contributed by atoms with Crippen molar-refractivity contribution in [3.8, 4) is 12.3 Å². The molecule has 0 aromatic rings. The minimum atomic E-state index is 0.217. The van der Waals surface area contributed by atoms with E-state index in [1.807, 2.05) is 26.0 Å². The van der Waals surface area contributed by atoms with Gasteiger partial charge in [0.2, 0.25) is 0 Å². The second-order valence-electron chi connectivity index (χ2n) is 2.55. The lowest BCUT2D eigenvalue weighted by atomic mass is 10.4. The monoisotopic (exact) mass is 167 g/mol. The second-order valence-corrected chi connectivity index (χ2v) is 2.55. The fraction of sp³-hybridized carbons (Fsp3) is 0.600. The SMILES string of the molecule is C#CCNCC(C)OCC=CC. The quantitative estimate of drug-likeness (QED) is 0.364. The minimum absolute atomic E-state index is 0.217. The molecule has 0 saturated carbocycles. The van der Waals surface area contributed by atoms with E-state index in [4.69, 9.17) is 11.2 Å². The summed E-state index contributed by atoms with van der Waals surface area (Å²) in [5.41, 5.74) is 0. The van der Waals surface area contributed by atoms with E-state index in [0.717, 1.165) is 6.54 Å². The van der Waals surface area contributed by atoms with Crippen LogP contribution in [0.3, 0.4) is 0 Å². The molecule has 1 N–H and O–H groups in total. The fourth-order valence-corrected chi connectivity index (χ4v) is 0.723. The lowest BCUT2D eigenvalue weighted by Gasteiger charge is -2.10. The van der Waals surface area contributed by atoms with Crippen molar-refractivity contribution < 1.29 is 4.74 Å². The Kier molecular flexibility index (Phi) is 7.78. The van der Waals surface area contributed by atoms with Crippen LogP contribution < -0.4 is 5.32 Å². The Morgan fingerprint density at radius 2 is 2.42 bits per heavy atom. The van der Waals surface area contributed by atoms with Gasteiger partial charge < -0.3 is 10.1 Å². The predicted octanol–water partition coefficient (Wildman–Crippen LogP) is 1.19. The molecule has 0 bridgehead atoms. The minimum Gasteiger partial charge on any atom is -0.373 e. The Labute approximate surface area is 75.0 Å². The normalized spacial score (nSPS) is 13.1. The van der Waals surface area contributed by atoms with Crippen LogP contribution in [0.2, 0.25) is 0 Å². The summed E-state index contributed by atoms with van der Waals surface area (Å²) in [7, 11) is 0. The summed E-state index contributed by atoms with van der Waals surface area (Å²) in [4.78, 5) is 0. The zero-order valence-electron chi connectivity index (χ0n) is 7.84. The maximum absolute atomic E-state index is 5.41. The Morgan fingerprint density at radius 1 is 1.67 bits per heavy atom. The van der Waals surface area contributed by atoms with Crippen molar-refractivity contribution in [3.63, 3.8) is 0 Å². The Morgan fingerprint density at radius 3 is 3.00 bits per heavy atom.